The lowest BCUT2D eigenvalue weighted by Gasteiger charge is -2.08. The summed E-state index contributed by atoms with van der Waals surface area (Å²) < 4.78 is 0.881. The second-order valence-electron chi connectivity index (χ2n) is 3.94. The van der Waals surface area contributed by atoms with Gasteiger partial charge in [-0.15, -0.1) is 0 Å². The molecule has 18 heavy (non-hydrogen) atoms. The first-order valence-electron chi connectivity index (χ1n) is 5.54. The summed E-state index contributed by atoms with van der Waals surface area (Å²) in [5.74, 6) is -0.0778. The average molecular weight is 305 g/mol. The van der Waals surface area contributed by atoms with Gasteiger partial charge >= 0.3 is 0 Å². The minimum absolute atomic E-state index is 0.0778. The smallest absolute Gasteiger partial charge is 0.228 e. The van der Waals surface area contributed by atoms with Crippen LogP contribution in [0.2, 0.25) is 0 Å². The van der Waals surface area contributed by atoms with Crippen molar-refractivity contribution in [1.29, 1.82) is 0 Å². The van der Waals surface area contributed by atoms with Crippen LogP contribution >= 0.6 is 15.9 Å². The van der Waals surface area contributed by atoms with E-state index in [0.29, 0.717) is 17.8 Å². The Morgan fingerprint density at radius 2 is 1.89 bits per heavy atom. The van der Waals surface area contributed by atoms with Crippen LogP contribution in [0.25, 0.3) is 0 Å². The lowest BCUT2D eigenvalue weighted by Crippen LogP contribution is -2.15. The number of nitrogens with two attached hydrogens (primary N) is 1. The van der Waals surface area contributed by atoms with Crippen LogP contribution in [0.4, 0.5) is 11.4 Å². The van der Waals surface area contributed by atoms with Crippen molar-refractivity contribution in [2.75, 3.05) is 11.1 Å². The number of hydrogen-bond donors (Lipinski definition) is 2. The molecule has 0 aliphatic heterocycles. The number of amides is 1. The topological polar surface area (TPSA) is 55.1 Å². The molecule has 92 valence electrons. The molecule has 0 bridgehead atoms. The molecule has 0 saturated carbocycles. The van der Waals surface area contributed by atoms with Gasteiger partial charge in [0, 0.05) is 4.47 Å². The Bertz CT molecular complexity index is 555. The van der Waals surface area contributed by atoms with Crippen molar-refractivity contribution in [3.05, 3.63) is 58.6 Å². The molecule has 2 rings (SSSR count). The van der Waals surface area contributed by atoms with Gasteiger partial charge in [0.1, 0.15) is 0 Å². The van der Waals surface area contributed by atoms with Crippen LogP contribution in [-0.4, -0.2) is 5.91 Å². The number of rotatable bonds is 3. The summed E-state index contributed by atoms with van der Waals surface area (Å²) in [4.78, 5) is 11.9. The quantitative estimate of drug-likeness (QED) is 0.856. The third kappa shape index (κ3) is 3.34. The highest BCUT2D eigenvalue weighted by Crippen LogP contribution is 2.23. The van der Waals surface area contributed by atoms with Crippen LogP contribution in [-0.2, 0) is 11.2 Å². The van der Waals surface area contributed by atoms with Gasteiger partial charge in [-0.1, -0.05) is 46.3 Å². The van der Waals surface area contributed by atoms with Gasteiger partial charge in [-0.05, 0) is 23.8 Å². The number of hydrogen-bond acceptors (Lipinski definition) is 2. The maximum Gasteiger partial charge on any atom is 0.228 e. The highest BCUT2D eigenvalue weighted by molar-refractivity contribution is 9.10. The van der Waals surface area contributed by atoms with E-state index in [2.05, 4.69) is 21.2 Å². The summed E-state index contributed by atoms with van der Waals surface area (Å²) >= 11 is 3.35. The number of anilines is 2. The van der Waals surface area contributed by atoms with Crippen LogP contribution < -0.4 is 11.1 Å². The van der Waals surface area contributed by atoms with E-state index < -0.39 is 0 Å². The Hall–Kier alpha value is -1.81. The fraction of sp³-hybridized carbons (Fsp3) is 0.0714. The van der Waals surface area contributed by atoms with Gasteiger partial charge in [-0.25, -0.2) is 0 Å². The molecule has 2 aromatic carbocycles. The van der Waals surface area contributed by atoms with Crippen molar-refractivity contribution in [3.8, 4) is 0 Å². The van der Waals surface area contributed by atoms with Crippen LogP contribution in [0.5, 0.6) is 0 Å². The third-order valence-electron chi connectivity index (χ3n) is 2.50. The lowest BCUT2D eigenvalue weighted by atomic mass is 10.1. The Labute approximate surface area is 114 Å². The molecule has 0 aliphatic carbocycles. The summed E-state index contributed by atoms with van der Waals surface area (Å²) in [6.45, 7) is 0. The van der Waals surface area contributed by atoms with Crippen molar-refractivity contribution >= 4 is 33.2 Å². The first-order chi connectivity index (χ1) is 8.65. The maximum absolute atomic E-state index is 11.9. The summed E-state index contributed by atoms with van der Waals surface area (Å²) in [5.41, 5.74) is 7.96. The zero-order chi connectivity index (χ0) is 13.0. The number of nitrogens with one attached hydrogen (secondary N) is 1. The highest BCUT2D eigenvalue weighted by atomic mass is 79.9. The summed E-state index contributed by atoms with van der Waals surface area (Å²) in [7, 11) is 0. The third-order valence-corrected chi connectivity index (χ3v) is 2.99. The zero-order valence-electron chi connectivity index (χ0n) is 9.69. The van der Waals surface area contributed by atoms with Crippen LogP contribution in [0.3, 0.4) is 0 Å². The average Bonchev–Trinajstić information content (AvgIpc) is 2.35. The van der Waals surface area contributed by atoms with Crippen LogP contribution in [0, 0.1) is 0 Å². The summed E-state index contributed by atoms with van der Waals surface area (Å²) in [6.07, 6.45) is 0.340. The largest absolute Gasteiger partial charge is 0.397 e. The normalized spacial score (nSPS) is 10.1. The lowest BCUT2D eigenvalue weighted by molar-refractivity contribution is -0.115. The van der Waals surface area contributed by atoms with E-state index in [-0.39, 0.29) is 5.91 Å². The summed E-state index contributed by atoms with van der Waals surface area (Å²) in [6, 6.07) is 15.0. The Morgan fingerprint density at radius 3 is 2.61 bits per heavy atom. The minimum Gasteiger partial charge on any atom is -0.397 e. The van der Waals surface area contributed by atoms with Gasteiger partial charge in [0.15, 0.2) is 0 Å². The van der Waals surface area contributed by atoms with Crippen molar-refractivity contribution in [2.24, 2.45) is 0 Å². The number of halogens is 1. The maximum atomic E-state index is 11.9. The van der Waals surface area contributed by atoms with E-state index in [1.807, 2.05) is 36.4 Å². The van der Waals surface area contributed by atoms with E-state index in [9.17, 15) is 4.79 Å². The van der Waals surface area contributed by atoms with Gasteiger partial charge < -0.3 is 11.1 Å². The molecule has 0 fully saturated rings. The molecule has 1 amide bonds. The standard InChI is InChI=1S/C14H13BrN2O/c15-11-6-7-12(16)13(9-11)17-14(18)8-10-4-2-1-3-5-10/h1-7,9H,8,16H2,(H,17,18). The van der Waals surface area contributed by atoms with Gasteiger partial charge in [0.05, 0.1) is 17.8 Å². The molecule has 0 radical (unpaired) electrons. The molecule has 4 heteroatoms. The first-order valence-corrected chi connectivity index (χ1v) is 6.33. The molecule has 0 heterocycles. The van der Waals surface area contributed by atoms with Gasteiger partial charge in [-0.2, -0.15) is 0 Å². The summed E-state index contributed by atoms with van der Waals surface area (Å²) in [5, 5.41) is 2.81. The molecule has 3 nitrogen and oxygen atoms in total. The molecule has 3 N–H and O–H groups in total. The minimum atomic E-state index is -0.0778. The van der Waals surface area contributed by atoms with Gasteiger partial charge in [-0.3, -0.25) is 4.79 Å². The van der Waals surface area contributed by atoms with Crippen molar-refractivity contribution in [3.63, 3.8) is 0 Å². The number of benzene rings is 2. The predicted molar refractivity (Wildman–Crippen MR) is 77.3 cm³/mol. The monoisotopic (exact) mass is 304 g/mol. The van der Waals surface area contributed by atoms with E-state index >= 15 is 0 Å². The zero-order valence-corrected chi connectivity index (χ0v) is 11.3. The molecular weight excluding hydrogens is 292 g/mol. The van der Waals surface area contributed by atoms with E-state index in [1.165, 1.54) is 0 Å². The second kappa shape index (κ2) is 5.69. The second-order valence-corrected chi connectivity index (χ2v) is 4.86. The van der Waals surface area contributed by atoms with Gasteiger partial charge in [0.25, 0.3) is 0 Å². The Morgan fingerprint density at radius 1 is 1.17 bits per heavy atom. The fourth-order valence-corrected chi connectivity index (χ4v) is 1.97. The SMILES string of the molecule is Nc1ccc(Br)cc1NC(=O)Cc1ccccc1. The van der Waals surface area contributed by atoms with Crippen LogP contribution in [0.15, 0.2) is 53.0 Å². The number of carbonyl (C=O) groups is 1. The molecule has 0 spiro atoms. The van der Waals surface area contributed by atoms with Crippen molar-refractivity contribution in [2.45, 2.75) is 6.42 Å². The van der Waals surface area contributed by atoms with E-state index in [4.69, 9.17) is 5.73 Å². The molecule has 2 aromatic rings. The molecule has 0 aliphatic rings. The molecule has 0 atom stereocenters. The van der Waals surface area contributed by atoms with Crippen molar-refractivity contribution in [1.82, 2.24) is 0 Å². The van der Waals surface area contributed by atoms with E-state index in [0.717, 1.165) is 10.0 Å². The number of carbonyl (C=O) groups excluding carboxylic acids is 1. The van der Waals surface area contributed by atoms with Crippen molar-refractivity contribution < 1.29 is 4.79 Å². The Balaban J connectivity index is 2.05. The predicted octanol–water partition coefficient (Wildman–Crippen LogP) is 3.21. The Kier molecular flexibility index (Phi) is 3.99. The highest BCUT2D eigenvalue weighted by Gasteiger charge is 2.06. The molecule has 0 aromatic heterocycles. The fourth-order valence-electron chi connectivity index (χ4n) is 1.61. The molecular formula is C14H13BrN2O. The van der Waals surface area contributed by atoms with Gasteiger partial charge in [0.2, 0.25) is 5.91 Å². The molecule has 0 unspecified atom stereocenters. The van der Waals surface area contributed by atoms with Crippen LogP contribution in [0.1, 0.15) is 5.56 Å². The molecule has 0 saturated heterocycles. The number of nitrogen functional groups attached to an aromatic ring is 1. The first kappa shape index (κ1) is 12.6. The van der Waals surface area contributed by atoms with E-state index in [1.54, 1.807) is 12.1 Å².